The Kier molecular flexibility index (Phi) is 4.57. The molecule has 0 aliphatic carbocycles. The van der Waals surface area contributed by atoms with Gasteiger partial charge in [-0.15, -0.1) is 0 Å². The Morgan fingerprint density at radius 2 is 2.05 bits per heavy atom. The maximum absolute atomic E-state index is 11.8. The number of morpholine rings is 1. The zero-order valence-corrected chi connectivity index (χ0v) is 11.0. The SMILES string of the molecule is O=C(O)CCC1CN(Cc2ccc(O)cc2)C(=O)CO1. The molecule has 0 aromatic heterocycles. The Labute approximate surface area is 116 Å². The second kappa shape index (κ2) is 6.38. The number of amides is 1. The largest absolute Gasteiger partial charge is 0.508 e. The second-order valence-electron chi connectivity index (χ2n) is 4.81. The van der Waals surface area contributed by atoms with Gasteiger partial charge in [0.2, 0.25) is 5.91 Å². The molecule has 1 aromatic rings. The van der Waals surface area contributed by atoms with Crippen LogP contribution in [0.2, 0.25) is 0 Å². The van der Waals surface area contributed by atoms with Gasteiger partial charge in [-0.25, -0.2) is 0 Å². The summed E-state index contributed by atoms with van der Waals surface area (Å²) in [6.07, 6.45) is 0.196. The van der Waals surface area contributed by atoms with E-state index in [4.69, 9.17) is 9.84 Å². The van der Waals surface area contributed by atoms with Crippen LogP contribution in [0.25, 0.3) is 0 Å². The van der Waals surface area contributed by atoms with E-state index in [1.54, 1.807) is 29.2 Å². The molecule has 1 fully saturated rings. The van der Waals surface area contributed by atoms with E-state index in [1.165, 1.54) is 0 Å². The predicted octanol–water partition coefficient (Wildman–Crippen LogP) is 0.984. The lowest BCUT2D eigenvalue weighted by Gasteiger charge is -2.32. The van der Waals surface area contributed by atoms with Crippen molar-refractivity contribution in [2.45, 2.75) is 25.5 Å². The van der Waals surface area contributed by atoms with E-state index in [9.17, 15) is 14.7 Å². The molecule has 0 radical (unpaired) electrons. The van der Waals surface area contributed by atoms with Gasteiger partial charge in [0, 0.05) is 19.5 Å². The summed E-state index contributed by atoms with van der Waals surface area (Å²) in [7, 11) is 0. The van der Waals surface area contributed by atoms with Crippen LogP contribution in [-0.4, -0.2) is 46.2 Å². The lowest BCUT2D eigenvalue weighted by Crippen LogP contribution is -2.46. The summed E-state index contributed by atoms with van der Waals surface area (Å²) in [4.78, 5) is 24.0. The molecule has 1 atom stereocenters. The number of hydrogen-bond donors (Lipinski definition) is 2. The Balaban J connectivity index is 1.93. The van der Waals surface area contributed by atoms with Gasteiger partial charge in [-0.2, -0.15) is 0 Å². The molecule has 2 rings (SSSR count). The quantitative estimate of drug-likeness (QED) is 0.839. The third kappa shape index (κ3) is 3.96. The minimum Gasteiger partial charge on any atom is -0.508 e. The number of carboxylic acid groups (broad SMARTS) is 1. The zero-order valence-electron chi connectivity index (χ0n) is 11.0. The minimum atomic E-state index is -0.865. The molecular formula is C14H17NO5. The van der Waals surface area contributed by atoms with Gasteiger partial charge in [0.05, 0.1) is 6.10 Å². The van der Waals surface area contributed by atoms with Crippen LogP contribution < -0.4 is 0 Å². The van der Waals surface area contributed by atoms with Crippen molar-refractivity contribution in [3.05, 3.63) is 29.8 Å². The molecule has 1 saturated heterocycles. The van der Waals surface area contributed by atoms with Gasteiger partial charge >= 0.3 is 5.97 Å². The molecule has 108 valence electrons. The molecular weight excluding hydrogens is 262 g/mol. The van der Waals surface area contributed by atoms with Gasteiger partial charge in [0.15, 0.2) is 0 Å². The molecule has 0 spiro atoms. The summed E-state index contributed by atoms with van der Waals surface area (Å²) in [5.41, 5.74) is 0.912. The monoisotopic (exact) mass is 279 g/mol. The Morgan fingerprint density at radius 3 is 2.70 bits per heavy atom. The fraction of sp³-hybridized carbons (Fsp3) is 0.429. The molecule has 1 aromatic carbocycles. The number of aliphatic carboxylic acids is 1. The number of ether oxygens (including phenoxy) is 1. The highest BCUT2D eigenvalue weighted by Crippen LogP contribution is 2.16. The Bertz CT molecular complexity index is 485. The minimum absolute atomic E-state index is 0.0115. The number of carboxylic acids is 1. The summed E-state index contributed by atoms with van der Waals surface area (Å²) in [5, 5.41) is 17.9. The number of carbonyl (C=O) groups is 2. The number of aromatic hydroxyl groups is 1. The first-order valence-electron chi connectivity index (χ1n) is 6.43. The highest BCUT2D eigenvalue weighted by Gasteiger charge is 2.26. The predicted molar refractivity (Wildman–Crippen MR) is 70.1 cm³/mol. The van der Waals surface area contributed by atoms with Crippen LogP contribution in [0.15, 0.2) is 24.3 Å². The van der Waals surface area contributed by atoms with E-state index in [-0.39, 0.29) is 30.8 Å². The van der Waals surface area contributed by atoms with E-state index in [0.29, 0.717) is 19.5 Å². The third-order valence-corrected chi connectivity index (χ3v) is 3.21. The number of nitrogens with zero attached hydrogens (tertiary/aromatic N) is 1. The van der Waals surface area contributed by atoms with Crippen molar-refractivity contribution in [2.75, 3.05) is 13.2 Å². The van der Waals surface area contributed by atoms with Crippen molar-refractivity contribution in [2.24, 2.45) is 0 Å². The van der Waals surface area contributed by atoms with Crippen molar-refractivity contribution >= 4 is 11.9 Å². The Morgan fingerprint density at radius 1 is 1.35 bits per heavy atom. The van der Waals surface area contributed by atoms with Crippen molar-refractivity contribution < 1.29 is 24.5 Å². The normalized spacial score (nSPS) is 19.1. The number of benzene rings is 1. The van der Waals surface area contributed by atoms with Crippen LogP contribution in [0.4, 0.5) is 0 Å². The van der Waals surface area contributed by atoms with Gasteiger partial charge in [0.25, 0.3) is 0 Å². The van der Waals surface area contributed by atoms with E-state index in [2.05, 4.69) is 0 Å². The number of rotatable bonds is 5. The fourth-order valence-electron chi connectivity index (χ4n) is 2.11. The van der Waals surface area contributed by atoms with Crippen molar-refractivity contribution in [3.8, 4) is 5.75 Å². The lowest BCUT2D eigenvalue weighted by molar-refractivity contribution is -0.150. The molecule has 20 heavy (non-hydrogen) atoms. The lowest BCUT2D eigenvalue weighted by atomic mass is 10.1. The molecule has 6 nitrogen and oxygen atoms in total. The number of hydrogen-bond acceptors (Lipinski definition) is 4. The maximum atomic E-state index is 11.8. The average molecular weight is 279 g/mol. The van der Waals surface area contributed by atoms with Crippen LogP contribution in [0, 0.1) is 0 Å². The number of phenolic OH excluding ortho intramolecular Hbond substituents is 1. The third-order valence-electron chi connectivity index (χ3n) is 3.21. The topological polar surface area (TPSA) is 87.1 Å². The van der Waals surface area contributed by atoms with Crippen molar-refractivity contribution in [1.82, 2.24) is 4.90 Å². The smallest absolute Gasteiger partial charge is 0.303 e. The van der Waals surface area contributed by atoms with E-state index >= 15 is 0 Å². The van der Waals surface area contributed by atoms with E-state index in [0.717, 1.165) is 5.56 Å². The fourth-order valence-corrected chi connectivity index (χ4v) is 2.11. The summed E-state index contributed by atoms with van der Waals surface area (Å²) in [5.74, 6) is -0.790. The molecule has 1 unspecified atom stereocenters. The number of phenols is 1. The molecule has 1 aliphatic heterocycles. The average Bonchev–Trinajstić information content (AvgIpc) is 2.42. The molecule has 2 N–H and O–H groups in total. The van der Waals surface area contributed by atoms with Crippen molar-refractivity contribution in [3.63, 3.8) is 0 Å². The number of carbonyl (C=O) groups excluding carboxylic acids is 1. The zero-order chi connectivity index (χ0) is 14.5. The molecule has 0 saturated carbocycles. The standard InChI is InChI=1S/C14H17NO5/c16-11-3-1-10(2-4-11)7-15-8-12(5-6-14(18)19)20-9-13(15)17/h1-4,12,16H,5-9H2,(H,18,19). The molecule has 1 aliphatic rings. The van der Waals surface area contributed by atoms with Gasteiger partial charge in [-0.1, -0.05) is 12.1 Å². The molecule has 1 amide bonds. The van der Waals surface area contributed by atoms with Gasteiger partial charge < -0.3 is 19.8 Å². The highest BCUT2D eigenvalue weighted by molar-refractivity contribution is 5.78. The second-order valence-corrected chi connectivity index (χ2v) is 4.81. The maximum Gasteiger partial charge on any atom is 0.303 e. The van der Waals surface area contributed by atoms with Crippen LogP contribution in [0.5, 0.6) is 5.75 Å². The summed E-state index contributed by atoms with van der Waals surface area (Å²) < 4.78 is 5.33. The highest BCUT2D eigenvalue weighted by atomic mass is 16.5. The Hall–Kier alpha value is -2.08. The van der Waals surface area contributed by atoms with Gasteiger partial charge in [0.1, 0.15) is 12.4 Å². The molecule has 1 heterocycles. The summed E-state index contributed by atoms with van der Waals surface area (Å²) in [6.45, 7) is 0.821. The summed E-state index contributed by atoms with van der Waals surface area (Å²) >= 11 is 0. The van der Waals surface area contributed by atoms with E-state index < -0.39 is 5.97 Å². The van der Waals surface area contributed by atoms with Crippen LogP contribution in [-0.2, 0) is 20.9 Å². The van der Waals surface area contributed by atoms with Gasteiger partial charge in [-0.3, -0.25) is 9.59 Å². The first-order valence-corrected chi connectivity index (χ1v) is 6.43. The first kappa shape index (κ1) is 14.3. The summed E-state index contributed by atoms with van der Waals surface area (Å²) in [6, 6.07) is 6.65. The van der Waals surface area contributed by atoms with E-state index in [1.807, 2.05) is 0 Å². The molecule has 6 heteroatoms. The first-order chi connectivity index (χ1) is 9.54. The van der Waals surface area contributed by atoms with Gasteiger partial charge in [-0.05, 0) is 24.1 Å². The van der Waals surface area contributed by atoms with Crippen LogP contribution >= 0.6 is 0 Å². The van der Waals surface area contributed by atoms with Crippen LogP contribution in [0.3, 0.4) is 0 Å². The van der Waals surface area contributed by atoms with Crippen molar-refractivity contribution in [1.29, 1.82) is 0 Å². The van der Waals surface area contributed by atoms with Crippen LogP contribution in [0.1, 0.15) is 18.4 Å². The molecule has 0 bridgehead atoms.